The first-order chi connectivity index (χ1) is 9.83. The molecule has 2 atom stereocenters. The van der Waals surface area contributed by atoms with Crippen LogP contribution < -0.4 is 0 Å². The molecule has 0 bridgehead atoms. The van der Waals surface area contributed by atoms with E-state index < -0.39 is 0 Å². The van der Waals surface area contributed by atoms with Crippen LogP contribution in [0.3, 0.4) is 0 Å². The summed E-state index contributed by atoms with van der Waals surface area (Å²) < 4.78 is 0. The third-order valence-electron chi connectivity index (χ3n) is 4.94. The van der Waals surface area contributed by atoms with Crippen molar-refractivity contribution >= 4 is 16.9 Å². The van der Waals surface area contributed by atoms with Gasteiger partial charge < -0.3 is 9.88 Å². The molecule has 2 heterocycles. The van der Waals surface area contributed by atoms with E-state index in [4.69, 9.17) is 0 Å². The second-order valence-electron chi connectivity index (χ2n) is 6.03. The van der Waals surface area contributed by atoms with Gasteiger partial charge in [0.05, 0.1) is 17.4 Å². The van der Waals surface area contributed by atoms with Gasteiger partial charge in [-0.1, -0.05) is 12.8 Å². The number of aromatic amines is 1. The lowest BCUT2D eigenvalue weighted by atomic mass is 9.85. The first kappa shape index (κ1) is 11.9. The molecular weight excluding hydrogens is 250 g/mol. The number of nitrogens with zero attached hydrogens (tertiary/aromatic N) is 2. The minimum absolute atomic E-state index is 0.191. The fraction of sp³-hybridized carbons (Fsp3) is 0.500. The molecule has 1 amide bonds. The van der Waals surface area contributed by atoms with Gasteiger partial charge in [-0.15, -0.1) is 0 Å². The monoisotopic (exact) mass is 269 g/mol. The van der Waals surface area contributed by atoms with Gasteiger partial charge in [0.1, 0.15) is 0 Å². The molecule has 1 aliphatic carbocycles. The first-order valence-corrected chi connectivity index (χ1v) is 7.57. The van der Waals surface area contributed by atoms with E-state index >= 15 is 0 Å². The van der Waals surface area contributed by atoms with Crippen LogP contribution in [0.4, 0.5) is 0 Å². The van der Waals surface area contributed by atoms with E-state index in [1.807, 2.05) is 18.2 Å². The Hall–Kier alpha value is -1.84. The maximum atomic E-state index is 12.8. The third-order valence-corrected chi connectivity index (χ3v) is 4.94. The number of aromatic nitrogens is 2. The topological polar surface area (TPSA) is 49.0 Å². The standard InChI is InChI=1S/C16H19N3O/c20-16(12-5-6-13-14(9-12)18-10-17-13)19-8-7-11-3-1-2-4-15(11)19/h5-6,9-11,15H,1-4,7-8H2,(H,17,18). The van der Waals surface area contributed by atoms with Gasteiger partial charge in [-0.3, -0.25) is 4.79 Å². The maximum absolute atomic E-state index is 12.8. The Morgan fingerprint density at radius 1 is 1.25 bits per heavy atom. The summed E-state index contributed by atoms with van der Waals surface area (Å²) in [6.07, 6.45) is 7.94. The Labute approximate surface area is 118 Å². The highest BCUT2D eigenvalue weighted by Crippen LogP contribution is 2.36. The summed E-state index contributed by atoms with van der Waals surface area (Å²) in [5, 5.41) is 0. The van der Waals surface area contributed by atoms with Crippen molar-refractivity contribution in [1.29, 1.82) is 0 Å². The largest absolute Gasteiger partial charge is 0.345 e. The zero-order chi connectivity index (χ0) is 13.5. The van der Waals surface area contributed by atoms with Gasteiger partial charge in [0, 0.05) is 18.2 Å². The van der Waals surface area contributed by atoms with Crippen molar-refractivity contribution in [3.05, 3.63) is 30.1 Å². The van der Waals surface area contributed by atoms with Crippen molar-refractivity contribution < 1.29 is 4.79 Å². The van der Waals surface area contributed by atoms with Crippen LogP contribution in [0.15, 0.2) is 24.5 Å². The Morgan fingerprint density at radius 2 is 2.15 bits per heavy atom. The van der Waals surface area contributed by atoms with Gasteiger partial charge in [0.2, 0.25) is 0 Å². The van der Waals surface area contributed by atoms with Gasteiger partial charge in [0.25, 0.3) is 5.91 Å². The van der Waals surface area contributed by atoms with Crippen molar-refractivity contribution in [2.75, 3.05) is 6.54 Å². The van der Waals surface area contributed by atoms with E-state index in [1.54, 1.807) is 6.33 Å². The van der Waals surface area contributed by atoms with E-state index in [9.17, 15) is 4.79 Å². The molecule has 2 fully saturated rings. The normalized spacial score (nSPS) is 25.9. The van der Waals surface area contributed by atoms with Crippen molar-refractivity contribution in [3.63, 3.8) is 0 Å². The minimum Gasteiger partial charge on any atom is -0.345 e. The molecule has 1 saturated carbocycles. The predicted molar refractivity (Wildman–Crippen MR) is 77.5 cm³/mol. The van der Waals surface area contributed by atoms with Gasteiger partial charge in [-0.25, -0.2) is 4.98 Å². The number of fused-ring (bicyclic) bond motifs is 2. The van der Waals surface area contributed by atoms with E-state index in [-0.39, 0.29) is 5.91 Å². The molecule has 1 N–H and O–H groups in total. The summed E-state index contributed by atoms with van der Waals surface area (Å²) in [7, 11) is 0. The highest BCUT2D eigenvalue weighted by Gasteiger charge is 2.38. The molecule has 1 aromatic heterocycles. The van der Waals surface area contributed by atoms with E-state index in [0.29, 0.717) is 6.04 Å². The van der Waals surface area contributed by atoms with Crippen molar-refractivity contribution in [3.8, 4) is 0 Å². The molecule has 2 aromatic rings. The fourth-order valence-electron chi connectivity index (χ4n) is 3.89. The van der Waals surface area contributed by atoms with Crippen LogP contribution in [0.1, 0.15) is 42.5 Å². The molecular formula is C16H19N3O. The number of hydrogen-bond acceptors (Lipinski definition) is 2. The van der Waals surface area contributed by atoms with Gasteiger partial charge in [-0.05, 0) is 43.4 Å². The summed E-state index contributed by atoms with van der Waals surface area (Å²) in [6.45, 7) is 0.926. The number of rotatable bonds is 1. The highest BCUT2D eigenvalue weighted by molar-refractivity contribution is 5.97. The summed E-state index contributed by atoms with van der Waals surface area (Å²) in [4.78, 5) is 22.2. The number of amides is 1. The lowest BCUT2D eigenvalue weighted by Gasteiger charge is -2.31. The highest BCUT2D eigenvalue weighted by atomic mass is 16.2. The molecule has 1 aromatic carbocycles. The molecule has 2 unspecified atom stereocenters. The van der Waals surface area contributed by atoms with E-state index in [0.717, 1.165) is 29.1 Å². The number of likely N-dealkylation sites (tertiary alicyclic amines) is 1. The van der Waals surface area contributed by atoms with Crippen molar-refractivity contribution in [2.45, 2.75) is 38.1 Å². The summed E-state index contributed by atoms with van der Waals surface area (Å²) in [6, 6.07) is 6.24. The SMILES string of the molecule is O=C(c1ccc2nc[nH]c2c1)N1CCC2CCCCC21. The number of hydrogen-bond donors (Lipinski definition) is 1. The zero-order valence-corrected chi connectivity index (χ0v) is 11.5. The average molecular weight is 269 g/mol. The Morgan fingerprint density at radius 3 is 3.10 bits per heavy atom. The van der Waals surface area contributed by atoms with Crippen LogP contribution in [0.25, 0.3) is 11.0 Å². The number of carbonyl (C=O) groups is 1. The van der Waals surface area contributed by atoms with Crippen LogP contribution in [0.5, 0.6) is 0 Å². The summed E-state index contributed by atoms with van der Waals surface area (Å²) in [5.41, 5.74) is 2.64. The van der Waals surface area contributed by atoms with Crippen LogP contribution in [0, 0.1) is 5.92 Å². The van der Waals surface area contributed by atoms with E-state index in [2.05, 4.69) is 14.9 Å². The van der Waals surface area contributed by atoms with Gasteiger partial charge in [0.15, 0.2) is 0 Å². The Kier molecular flexibility index (Phi) is 2.76. The Bertz CT molecular complexity index is 648. The lowest BCUT2D eigenvalue weighted by molar-refractivity contribution is 0.0690. The molecule has 4 nitrogen and oxygen atoms in total. The smallest absolute Gasteiger partial charge is 0.254 e. The van der Waals surface area contributed by atoms with Crippen LogP contribution in [-0.2, 0) is 0 Å². The molecule has 2 aliphatic rings. The Balaban J connectivity index is 1.62. The second-order valence-corrected chi connectivity index (χ2v) is 6.03. The zero-order valence-electron chi connectivity index (χ0n) is 11.5. The predicted octanol–water partition coefficient (Wildman–Crippen LogP) is 2.97. The number of nitrogens with one attached hydrogen (secondary N) is 1. The number of H-pyrrole nitrogens is 1. The van der Waals surface area contributed by atoms with Crippen LogP contribution in [0.2, 0.25) is 0 Å². The molecule has 0 spiro atoms. The quantitative estimate of drug-likeness (QED) is 0.865. The molecule has 1 saturated heterocycles. The fourth-order valence-corrected chi connectivity index (χ4v) is 3.89. The summed E-state index contributed by atoms with van der Waals surface area (Å²) in [5.74, 6) is 0.930. The average Bonchev–Trinajstić information content (AvgIpc) is 3.12. The van der Waals surface area contributed by atoms with Crippen LogP contribution in [-0.4, -0.2) is 33.4 Å². The maximum Gasteiger partial charge on any atom is 0.254 e. The number of imidazole rings is 1. The van der Waals surface area contributed by atoms with E-state index in [1.165, 1.54) is 32.1 Å². The first-order valence-electron chi connectivity index (χ1n) is 7.57. The van der Waals surface area contributed by atoms with Crippen LogP contribution >= 0.6 is 0 Å². The molecule has 104 valence electrons. The van der Waals surface area contributed by atoms with Gasteiger partial charge in [-0.2, -0.15) is 0 Å². The molecule has 4 heteroatoms. The molecule has 20 heavy (non-hydrogen) atoms. The number of carbonyl (C=O) groups excluding carboxylic acids is 1. The third kappa shape index (κ3) is 1.82. The second kappa shape index (κ2) is 4.62. The molecule has 1 aliphatic heterocycles. The molecule has 4 rings (SSSR count). The number of benzene rings is 1. The lowest BCUT2D eigenvalue weighted by Crippen LogP contribution is -2.39. The van der Waals surface area contributed by atoms with Gasteiger partial charge >= 0.3 is 0 Å². The van der Waals surface area contributed by atoms with Crippen molar-refractivity contribution in [2.24, 2.45) is 5.92 Å². The molecule has 0 radical (unpaired) electrons. The summed E-state index contributed by atoms with van der Waals surface area (Å²) >= 11 is 0. The minimum atomic E-state index is 0.191. The van der Waals surface area contributed by atoms with Crippen molar-refractivity contribution in [1.82, 2.24) is 14.9 Å².